The van der Waals surface area contributed by atoms with E-state index in [-0.39, 0.29) is 36.0 Å². The van der Waals surface area contributed by atoms with Crippen LogP contribution in [0.25, 0.3) is 6.08 Å². The van der Waals surface area contributed by atoms with Gasteiger partial charge in [-0.05, 0) is 123 Å². The molecule has 0 radical (unpaired) electrons. The van der Waals surface area contributed by atoms with Crippen molar-refractivity contribution in [3.63, 3.8) is 0 Å². The number of piperidine rings is 3. The molecule has 352 valence electrons. The zero-order chi connectivity index (χ0) is 45.7. The number of unbranched alkanes of at least 4 members (excludes halogenated alkanes) is 4. The van der Waals surface area contributed by atoms with Crippen molar-refractivity contribution in [2.45, 2.75) is 107 Å². The monoisotopic (exact) mass is 917 g/mol. The molecule has 14 nitrogen and oxygen atoms in total. The molecular formula is C51H67N9O5S. The van der Waals surface area contributed by atoms with Crippen LogP contribution in [0.5, 0.6) is 0 Å². The second-order valence-electron chi connectivity index (χ2n) is 18.6. The third kappa shape index (κ3) is 12.9. The minimum atomic E-state index is -0.576. The Balaban J connectivity index is 0.642. The number of benzene rings is 1. The van der Waals surface area contributed by atoms with Crippen LogP contribution in [0.3, 0.4) is 0 Å². The third-order valence-electron chi connectivity index (χ3n) is 14.2. The van der Waals surface area contributed by atoms with E-state index in [9.17, 15) is 24.0 Å². The molecule has 5 aliphatic heterocycles. The van der Waals surface area contributed by atoms with Crippen LogP contribution >= 0.6 is 11.8 Å². The van der Waals surface area contributed by atoms with E-state index in [1.54, 1.807) is 35.6 Å². The van der Waals surface area contributed by atoms with Crippen LogP contribution in [-0.4, -0.2) is 142 Å². The molecule has 66 heavy (non-hydrogen) atoms. The van der Waals surface area contributed by atoms with E-state index < -0.39 is 6.04 Å². The fraction of sp³-hybridized carbons (Fsp3) is 0.549. The minimum absolute atomic E-state index is 0.0809. The summed E-state index contributed by atoms with van der Waals surface area (Å²) in [4.78, 5) is 83.7. The van der Waals surface area contributed by atoms with Crippen molar-refractivity contribution >= 4 is 53.2 Å². The number of nitrogens with one attached hydrogen (secondary N) is 2. The highest BCUT2D eigenvalue weighted by atomic mass is 32.2. The number of aromatic nitrogens is 2. The molecule has 0 bridgehead atoms. The van der Waals surface area contributed by atoms with Crippen molar-refractivity contribution in [2.75, 3.05) is 76.1 Å². The van der Waals surface area contributed by atoms with Gasteiger partial charge >= 0.3 is 0 Å². The Morgan fingerprint density at radius 1 is 0.833 bits per heavy atom. The first-order chi connectivity index (χ1) is 32.3. The van der Waals surface area contributed by atoms with Gasteiger partial charge < -0.3 is 24.9 Å². The lowest BCUT2D eigenvalue weighted by Crippen LogP contribution is -2.53. The molecule has 5 aliphatic rings. The summed E-state index contributed by atoms with van der Waals surface area (Å²) in [5, 5.41) is 5.34. The second kappa shape index (κ2) is 23.6. The van der Waals surface area contributed by atoms with Gasteiger partial charge in [-0.25, -0.2) is 4.98 Å². The Kier molecular flexibility index (Phi) is 16.9. The number of anilines is 1. The molecule has 15 heteroatoms. The number of piperazine rings is 1. The van der Waals surface area contributed by atoms with E-state index in [0.29, 0.717) is 42.6 Å². The number of rotatable bonds is 19. The summed E-state index contributed by atoms with van der Waals surface area (Å²) < 4.78 is 0. The highest BCUT2D eigenvalue weighted by Gasteiger charge is 2.39. The van der Waals surface area contributed by atoms with Gasteiger partial charge in [0.25, 0.3) is 11.8 Å². The fourth-order valence-corrected chi connectivity index (χ4v) is 11.2. The Labute approximate surface area is 394 Å². The molecule has 1 unspecified atom stereocenters. The molecular weight excluding hydrogens is 851 g/mol. The lowest BCUT2D eigenvalue weighted by Gasteiger charge is -2.43. The maximum Gasteiger partial charge on any atom is 0.255 e. The van der Waals surface area contributed by atoms with Crippen LogP contribution in [0.15, 0.2) is 72.0 Å². The van der Waals surface area contributed by atoms with Crippen molar-refractivity contribution in [3.05, 3.63) is 89.4 Å². The first-order valence-electron chi connectivity index (χ1n) is 24.5. The molecule has 4 fully saturated rings. The van der Waals surface area contributed by atoms with Gasteiger partial charge in [0.2, 0.25) is 17.7 Å². The summed E-state index contributed by atoms with van der Waals surface area (Å²) in [6.45, 7) is 10.4. The minimum Gasteiger partial charge on any atom is -0.357 e. The molecule has 1 atom stereocenters. The highest BCUT2D eigenvalue weighted by Crippen LogP contribution is 2.32. The van der Waals surface area contributed by atoms with E-state index in [1.165, 1.54) is 25.8 Å². The van der Waals surface area contributed by atoms with Gasteiger partial charge in [0.05, 0.1) is 5.56 Å². The summed E-state index contributed by atoms with van der Waals surface area (Å²) in [6.07, 6.45) is 21.5. The summed E-state index contributed by atoms with van der Waals surface area (Å²) in [7, 11) is 0. The van der Waals surface area contributed by atoms with Gasteiger partial charge in [0.15, 0.2) is 0 Å². The fourth-order valence-electron chi connectivity index (χ4n) is 10.2. The Bertz CT molecular complexity index is 2150. The smallest absolute Gasteiger partial charge is 0.255 e. The zero-order valence-electron chi connectivity index (χ0n) is 38.4. The number of amides is 5. The molecule has 2 aromatic heterocycles. The third-order valence-corrected chi connectivity index (χ3v) is 15.3. The summed E-state index contributed by atoms with van der Waals surface area (Å²) in [5.74, 6) is 1.87. The molecule has 1 aromatic carbocycles. The lowest BCUT2D eigenvalue weighted by molar-refractivity contribution is -0.137. The number of pyridine rings is 2. The van der Waals surface area contributed by atoms with Gasteiger partial charge in [0.1, 0.15) is 11.9 Å². The topological polar surface area (TPSA) is 151 Å². The molecule has 0 saturated carbocycles. The summed E-state index contributed by atoms with van der Waals surface area (Å²) in [6, 6.07) is 13.8. The molecule has 7 heterocycles. The van der Waals surface area contributed by atoms with Crippen LogP contribution in [0, 0.1) is 5.92 Å². The number of hydrogen-bond acceptors (Lipinski definition) is 11. The molecule has 0 spiro atoms. The Morgan fingerprint density at radius 3 is 2.41 bits per heavy atom. The van der Waals surface area contributed by atoms with Crippen molar-refractivity contribution in [1.82, 2.24) is 40.2 Å². The van der Waals surface area contributed by atoms with Crippen LogP contribution in [0.1, 0.15) is 115 Å². The maximum absolute atomic E-state index is 13.4. The van der Waals surface area contributed by atoms with E-state index in [2.05, 4.69) is 36.4 Å². The van der Waals surface area contributed by atoms with Gasteiger partial charge in [0, 0.05) is 113 Å². The lowest BCUT2D eigenvalue weighted by atomic mass is 9.91. The number of carbonyl (C=O) groups excluding carboxylic acids is 5. The number of fused-ring (bicyclic) bond motifs is 1. The number of imide groups is 1. The maximum atomic E-state index is 13.4. The Hall–Kier alpha value is -5.12. The van der Waals surface area contributed by atoms with E-state index in [0.717, 1.165) is 131 Å². The number of nitrogens with zero attached hydrogens (tertiary/aromatic N) is 7. The van der Waals surface area contributed by atoms with Crippen LogP contribution in [0.2, 0.25) is 0 Å². The van der Waals surface area contributed by atoms with E-state index in [1.807, 2.05) is 53.1 Å². The second-order valence-corrected chi connectivity index (χ2v) is 19.8. The number of thioether (sulfide) groups is 1. The summed E-state index contributed by atoms with van der Waals surface area (Å²) in [5.41, 5.74) is 3.21. The van der Waals surface area contributed by atoms with Gasteiger partial charge in [-0.1, -0.05) is 31.7 Å². The number of likely N-dealkylation sites (tertiary alicyclic amines) is 1. The SMILES string of the molecule is O=C(/C=C/c1cccnc1)NCCCCC1CCN(C(=O)c2ccc(N3CCC(N4CCN(CCCCCCSc5ccc6c(c5)CN(C5CCC(=O)NC5=O)C6=O)CC4)CC3)nc2)CC1. The first-order valence-corrected chi connectivity index (χ1v) is 25.5. The zero-order valence-corrected chi connectivity index (χ0v) is 39.2. The molecule has 0 aliphatic carbocycles. The predicted molar refractivity (Wildman–Crippen MR) is 258 cm³/mol. The van der Waals surface area contributed by atoms with Gasteiger partial charge in [-0.3, -0.25) is 39.2 Å². The van der Waals surface area contributed by atoms with Crippen molar-refractivity contribution in [3.8, 4) is 0 Å². The molecule has 8 rings (SSSR count). The average molecular weight is 918 g/mol. The van der Waals surface area contributed by atoms with E-state index >= 15 is 0 Å². The quantitative estimate of drug-likeness (QED) is 0.0629. The number of carbonyl (C=O) groups is 5. The predicted octanol–water partition coefficient (Wildman–Crippen LogP) is 6.03. The number of hydrogen-bond donors (Lipinski definition) is 2. The van der Waals surface area contributed by atoms with Crippen molar-refractivity contribution in [2.24, 2.45) is 5.92 Å². The molecule has 4 saturated heterocycles. The molecule has 3 aromatic rings. The molecule has 2 N–H and O–H groups in total. The van der Waals surface area contributed by atoms with Gasteiger partial charge in [-0.15, -0.1) is 11.8 Å². The standard InChI is InChI=1S/C51H67N9O5S/c61-47(16-10-39-9-7-22-52-35-39)53-23-4-3-8-38-18-25-59(26-19-38)50(64)40-11-15-46(54-36-40)58-27-20-42(21-28-58)57-31-29-56(30-32-57)24-5-1-2-6-33-66-43-12-13-44-41(34-43)37-60(51(44)65)45-14-17-48(62)55-49(45)63/h7,9-13,15-16,22,34-36,38,42,45H,1-6,8,14,17-21,23-33,37H2,(H,53,61)(H,55,62,63)/b16-10+. The normalized spacial score (nSPS) is 20.3. The van der Waals surface area contributed by atoms with Crippen LogP contribution in [0.4, 0.5) is 5.82 Å². The summed E-state index contributed by atoms with van der Waals surface area (Å²) >= 11 is 1.83. The first kappa shape index (κ1) is 47.4. The molecule has 5 amide bonds. The van der Waals surface area contributed by atoms with E-state index in [4.69, 9.17) is 4.98 Å². The van der Waals surface area contributed by atoms with Crippen LogP contribution in [-0.2, 0) is 20.9 Å². The van der Waals surface area contributed by atoms with Crippen molar-refractivity contribution < 1.29 is 24.0 Å². The Morgan fingerprint density at radius 2 is 1.65 bits per heavy atom. The van der Waals surface area contributed by atoms with Gasteiger partial charge in [-0.2, -0.15) is 0 Å². The van der Waals surface area contributed by atoms with Crippen molar-refractivity contribution in [1.29, 1.82) is 0 Å². The average Bonchev–Trinajstić information content (AvgIpc) is 3.68. The largest absolute Gasteiger partial charge is 0.357 e. The van der Waals surface area contributed by atoms with Crippen LogP contribution < -0.4 is 15.5 Å². The highest BCUT2D eigenvalue weighted by molar-refractivity contribution is 7.99.